The van der Waals surface area contributed by atoms with Gasteiger partial charge < -0.3 is 4.57 Å². The van der Waals surface area contributed by atoms with E-state index in [0.29, 0.717) is 5.92 Å². The van der Waals surface area contributed by atoms with Gasteiger partial charge in [-0.25, -0.2) is 9.97 Å². The lowest BCUT2D eigenvalue weighted by Crippen LogP contribution is -2.28. The van der Waals surface area contributed by atoms with Gasteiger partial charge in [0.2, 0.25) is 0 Å². The van der Waals surface area contributed by atoms with E-state index < -0.39 is 0 Å². The van der Waals surface area contributed by atoms with Crippen LogP contribution in [0, 0.1) is 12.8 Å². The Labute approximate surface area is 125 Å². The standard InChI is InChI=1S/C15H16N4OS/c1-9-7-21-13-11(9)17-8-19(15(13)20)12(10-3-4-10)14-16-5-6-18(14)2/h5-8,10,12H,3-4H2,1-2H3. The summed E-state index contributed by atoms with van der Waals surface area (Å²) in [6.07, 6.45) is 7.70. The number of hydrogen-bond acceptors (Lipinski definition) is 4. The molecule has 108 valence electrons. The molecule has 1 atom stereocenters. The van der Waals surface area contributed by atoms with Crippen molar-refractivity contribution in [2.24, 2.45) is 13.0 Å². The first kappa shape index (κ1) is 12.8. The minimum Gasteiger partial charge on any atom is -0.336 e. The van der Waals surface area contributed by atoms with Gasteiger partial charge in [0.1, 0.15) is 10.5 Å². The van der Waals surface area contributed by atoms with Crippen LogP contribution in [0.1, 0.15) is 30.3 Å². The highest BCUT2D eigenvalue weighted by molar-refractivity contribution is 7.17. The molecule has 0 amide bonds. The first-order chi connectivity index (χ1) is 10.2. The summed E-state index contributed by atoms with van der Waals surface area (Å²) in [5.41, 5.74) is 1.95. The molecule has 0 N–H and O–H groups in total. The Hall–Kier alpha value is -1.95. The van der Waals surface area contributed by atoms with Crippen molar-refractivity contribution in [3.63, 3.8) is 0 Å². The third-order valence-electron chi connectivity index (χ3n) is 4.17. The van der Waals surface area contributed by atoms with Crippen LogP contribution in [0.2, 0.25) is 0 Å². The van der Waals surface area contributed by atoms with Crippen molar-refractivity contribution < 1.29 is 0 Å². The van der Waals surface area contributed by atoms with E-state index in [-0.39, 0.29) is 11.6 Å². The molecule has 1 unspecified atom stereocenters. The van der Waals surface area contributed by atoms with Crippen molar-refractivity contribution in [2.75, 3.05) is 0 Å². The lowest BCUT2D eigenvalue weighted by atomic mass is 10.1. The van der Waals surface area contributed by atoms with Gasteiger partial charge in [-0.15, -0.1) is 11.3 Å². The molecule has 0 bridgehead atoms. The van der Waals surface area contributed by atoms with E-state index >= 15 is 0 Å². The summed E-state index contributed by atoms with van der Waals surface area (Å²) in [5, 5.41) is 2.00. The summed E-state index contributed by atoms with van der Waals surface area (Å²) in [6.45, 7) is 1.99. The molecule has 0 saturated heterocycles. The number of fused-ring (bicyclic) bond motifs is 1. The Balaban J connectivity index is 1.93. The summed E-state index contributed by atoms with van der Waals surface area (Å²) in [5.74, 6) is 1.43. The summed E-state index contributed by atoms with van der Waals surface area (Å²) in [7, 11) is 1.98. The number of aromatic nitrogens is 4. The molecule has 0 radical (unpaired) electrons. The molecule has 4 rings (SSSR count). The maximum absolute atomic E-state index is 12.8. The SMILES string of the molecule is Cc1csc2c(=O)n(C(c3nccn3C)C3CC3)cnc12. The molecule has 6 heteroatoms. The van der Waals surface area contributed by atoms with Crippen molar-refractivity contribution in [2.45, 2.75) is 25.8 Å². The van der Waals surface area contributed by atoms with Crippen LogP contribution in [0.4, 0.5) is 0 Å². The number of thiophene rings is 1. The summed E-state index contributed by atoms with van der Waals surface area (Å²) < 4.78 is 4.52. The molecule has 5 nitrogen and oxygen atoms in total. The largest absolute Gasteiger partial charge is 0.336 e. The molecular weight excluding hydrogens is 284 g/mol. The average molecular weight is 300 g/mol. The summed E-state index contributed by atoms with van der Waals surface area (Å²) in [4.78, 5) is 21.8. The van der Waals surface area contributed by atoms with E-state index in [1.807, 2.05) is 30.1 Å². The summed E-state index contributed by atoms with van der Waals surface area (Å²) >= 11 is 1.48. The molecule has 0 aliphatic heterocycles. The van der Waals surface area contributed by atoms with Crippen LogP contribution in [-0.2, 0) is 7.05 Å². The van der Waals surface area contributed by atoms with E-state index in [1.54, 1.807) is 17.1 Å². The maximum Gasteiger partial charge on any atom is 0.271 e. The zero-order valence-electron chi connectivity index (χ0n) is 12.0. The molecule has 0 aromatic carbocycles. The van der Waals surface area contributed by atoms with Gasteiger partial charge in [-0.1, -0.05) is 0 Å². The van der Waals surface area contributed by atoms with Crippen molar-refractivity contribution >= 4 is 21.6 Å². The highest BCUT2D eigenvalue weighted by Crippen LogP contribution is 2.42. The van der Waals surface area contributed by atoms with Crippen LogP contribution in [0.3, 0.4) is 0 Å². The number of nitrogens with zero attached hydrogens (tertiary/aromatic N) is 4. The van der Waals surface area contributed by atoms with Crippen molar-refractivity contribution in [1.82, 2.24) is 19.1 Å². The van der Waals surface area contributed by atoms with E-state index in [0.717, 1.165) is 34.4 Å². The molecule has 3 aromatic rings. The van der Waals surface area contributed by atoms with Crippen LogP contribution >= 0.6 is 11.3 Å². The number of rotatable bonds is 3. The highest BCUT2D eigenvalue weighted by Gasteiger charge is 2.37. The van der Waals surface area contributed by atoms with Crippen molar-refractivity contribution in [3.05, 3.63) is 45.8 Å². The quantitative estimate of drug-likeness (QED) is 0.747. The lowest BCUT2D eigenvalue weighted by molar-refractivity contribution is 0.463. The Bertz CT molecular complexity index is 871. The Morgan fingerprint density at radius 1 is 1.38 bits per heavy atom. The van der Waals surface area contributed by atoms with Crippen molar-refractivity contribution in [1.29, 1.82) is 0 Å². The van der Waals surface area contributed by atoms with Gasteiger partial charge in [0.25, 0.3) is 5.56 Å². The molecule has 1 saturated carbocycles. The predicted molar refractivity (Wildman–Crippen MR) is 82.7 cm³/mol. The fourth-order valence-electron chi connectivity index (χ4n) is 2.87. The second-order valence-corrected chi connectivity index (χ2v) is 6.61. The van der Waals surface area contributed by atoms with E-state index in [2.05, 4.69) is 9.97 Å². The van der Waals surface area contributed by atoms with Gasteiger partial charge in [0.15, 0.2) is 0 Å². The van der Waals surface area contributed by atoms with Gasteiger partial charge in [0.05, 0.1) is 17.9 Å². The third-order valence-corrected chi connectivity index (χ3v) is 5.25. The number of aryl methyl sites for hydroxylation is 2. The molecule has 21 heavy (non-hydrogen) atoms. The van der Waals surface area contributed by atoms with Gasteiger partial charge in [0, 0.05) is 19.4 Å². The Morgan fingerprint density at radius 2 is 2.19 bits per heavy atom. The van der Waals surface area contributed by atoms with Gasteiger partial charge in [-0.05, 0) is 36.6 Å². The van der Waals surface area contributed by atoms with Crippen LogP contribution < -0.4 is 5.56 Å². The Morgan fingerprint density at radius 3 is 2.86 bits per heavy atom. The lowest BCUT2D eigenvalue weighted by Gasteiger charge is -2.18. The second kappa shape index (κ2) is 4.53. The predicted octanol–water partition coefficient (Wildman–Crippen LogP) is 2.50. The molecule has 3 aromatic heterocycles. The van der Waals surface area contributed by atoms with E-state index in [9.17, 15) is 4.79 Å². The molecule has 1 aliphatic carbocycles. The minimum atomic E-state index is -0.00296. The molecule has 0 spiro atoms. The Kier molecular flexibility index (Phi) is 2.75. The molecule has 1 fully saturated rings. The van der Waals surface area contributed by atoms with E-state index in [4.69, 9.17) is 0 Å². The fraction of sp³-hybridized carbons (Fsp3) is 0.400. The van der Waals surface area contributed by atoms with Gasteiger partial charge >= 0.3 is 0 Å². The van der Waals surface area contributed by atoms with Gasteiger partial charge in [-0.3, -0.25) is 9.36 Å². The zero-order chi connectivity index (χ0) is 14.6. The first-order valence-corrected chi connectivity index (χ1v) is 7.97. The molecular formula is C15H16N4OS. The maximum atomic E-state index is 12.8. The van der Waals surface area contributed by atoms with Crippen LogP contribution in [0.5, 0.6) is 0 Å². The fourth-order valence-corrected chi connectivity index (χ4v) is 3.81. The topological polar surface area (TPSA) is 52.7 Å². The first-order valence-electron chi connectivity index (χ1n) is 7.09. The van der Waals surface area contributed by atoms with Gasteiger partial charge in [-0.2, -0.15) is 0 Å². The third kappa shape index (κ3) is 1.93. The summed E-state index contributed by atoms with van der Waals surface area (Å²) in [6, 6.07) is -0.00296. The number of hydrogen-bond donors (Lipinski definition) is 0. The van der Waals surface area contributed by atoms with Crippen LogP contribution in [0.15, 0.2) is 28.9 Å². The van der Waals surface area contributed by atoms with Crippen LogP contribution in [-0.4, -0.2) is 19.1 Å². The zero-order valence-corrected chi connectivity index (χ0v) is 12.8. The molecule has 3 heterocycles. The van der Waals surface area contributed by atoms with E-state index in [1.165, 1.54) is 11.3 Å². The number of imidazole rings is 1. The average Bonchev–Trinajstić information content (AvgIpc) is 3.11. The van der Waals surface area contributed by atoms with Crippen molar-refractivity contribution in [3.8, 4) is 0 Å². The second-order valence-electron chi connectivity index (χ2n) is 5.73. The highest BCUT2D eigenvalue weighted by atomic mass is 32.1. The monoisotopic (exact) mass is 300 g/mol. The smallest absolute Gasteiger partial charge is 0.271 e. The molecule has 1 aliphatic rings. The normalized spacial score (nSPS) is 16.5. The minimum absolute atomic E-state index is 0.00296. The van der Waals surface area contributed by atoms with Crippen LogP contribution in [0.25, 0.3) is 10.2 Å².